The topological polar surface area (TPSA) is 61.4 Å². The van der Waals surface area contributed by atoms with Crippen LogP contribution in [0.3, 0.4) is 0 Å². The Kier molecular flexibility index (Phi) is 7.12. The Labute approximate surface area is 187 Å². The Bertz CT molecular complexity index is 997. The highest BCUT2D eigenvalue weighted by molar-refractivity contribution is 7.12. The summed E-state index contributed by atoms with van der Waals surface area (Å²) in [4.78, 5) is 27.9. The standard InChI is InChI=1S/C25H27N3O2S/c29-24(26-17-19-6-2-1-3-7-19)21-11-13-28(14-12-21)18-20-8-4-9-22(16-20)27-25(30)23-10-5-15-31-23/h1-10,15-16,21H,11-14,17-18H2,(H,26,29)(H,27,30). The number of likely N-dealkylation sites (tertiary alicyclic amines) is 1. The first-order chi connectivity index (χ1) is 15.2. The first kappa shape index (κ1) is 21.3. The summed E-state index contributed by atoms with van der Waals surface area (Å²) >= 11 is 1.43. The van der Waals surface area contributed by atoms with Crippen molar-refractivity contribution in [3.05, 3.63) is 88.1 Å². The van der Waals surface area contributed by atoms with Crippen LogP contribution in [0.2, 0.25) is 0 Å². The monoisotopic (exact) mass is 433 g/mol. The highest BCUT2D eigenvalue weighted by Crippen LogP contribution is 2.21. The van der Waals surface area contributed by atoms with Crippen molar-refractivity contribution in [2.24, 2.45) is 5.92 Å². The van der Waals surface area contributed by atoms with Gasteiger partial charge in [0.05, 0.1) is 4.88 Å². The van der Waals surface area contributed by atoms with Gasteiger partial charge in [-0.1, -0.05) is 48.5 Å². The van der Waals surface area contributed by atoms with Crippen molar-refractivity contribution in [2.75, 3.05) is 18.4 Å². The fraction of sp³-hybridized carbons (Fsp3) is 0.280. The molecule has 31 heavy (non-hydrogen) atoms. The number of nitrogens with zero attached hydrogens (tertiary/aromatic N) is 1. The second-order valence-corrected chi connectivity index (χ2v) is 8.83. The summed E-state index contributed by atoms with van der Waals surface area (Å²) in [6.45, 7) is 3.20. The molecule has 5 nitrogen and oxygen atoms in total. The molecule has 0 spiro atoms. The fourth-order valence-electron chi connectivity index (χ4n) is 3.89. The predicted molar refractivity (Wildman–Crippen MR) is 125 cm³/mol. The molecule has 2 heterocycles. The van der Waals surface area contributed by atoms with E-state index in [2.05, 4.69) is 21.6 Å². The van der Waals surface area contributed by atoms with Crippen molar-refractivity contribution >= 4 is 28.8 Å². The van der Waals surface area contributed by atoms with Crippen LogP contribution in [0, 0.1) is 5.92 Å². The van der Waals surface area contributed by atoms with Crippen LogP contribution in [-0.4, -0.2) is 29.8 Å². The van der Waals surface area contributed by atoms with E-state index >= 15 is 0 Å². The molecule has 1 aliphatic rings. The van der Waals surface area contributed by atoms with Crippen LogP contribution in [0.25, 0.3) is 0 Å². The number of carbonyl (C=O) groups excluding carboxylic acids is 2. The number of amides is 2. The maximum absolute atomic E-state index is 12.5. The molecule has 2 aromatic carbocycles. The summed E-state index contributed by atoms with van der Waals surface area (Å²) in [6.07, 6.45) is 1.74. The second-order valence-electron chi connectivity index (χ2n) is 7.89. The summed E-state index contributed by atoms with van der Waals surface area (Å²) in [7, 11) is 0. The first-order valence-electron chi connectivity index (χ1n) is 10.6. The minimum Gasteiger partial charge on any atom is -0.352 e. The Morgan fingerprint density at radius 2 is 1.71 bits per heavy atom. The van der Waals surface area contributed by atoms with Gasteiger partial charge >= 0.3 is 0 Å². The molecule has 6 heteroatoms. The number of thiophene rings is 1. The lowest BCUT2D eigenvalue weighted by atomic mass is 9.95. The number of piperidine rings is 1. The summed E-state index contributed by atoms with van der Waals surface area (Å²) in [5, 5.41) is 7.94. The molecule has 0 bridgehead atoms. The summed E-state index contributed by atoms with van der Waals surface area (Å²) in [5.41, 5.74) is 3.10. The smallest absolute Gasteiger partial charge is 0.265 e. The Morgan fingerprint density at radius 3 is 2.45 bits per heavy atom. The van der Waals surface area contributed by atoms with Gasteiger partial charge in [0.15, 0.2) is 0 Å². The van der Waals surface area contributed by atoms with Crippen molar-refractivity contribution in [1.29, 1.82) is 0 Å². The second kappa shape index (κ2) is 10.4. The first-order valence-corrected chi connectivity index (χ1v) is 11.5. The zero-order valence-corrected chi connectivity index (χ0v) is 18.2. The van der Waals surface area contributed by atoms with E-state index in [9.17, 15) is 9.59 Å². The fourth-order valence-corrected chi connectivity index (χ4v) is 4.51. The minimum absolute atomic E-state index is 0.0746. The van der Waals surface area contributed by atoms with Gasteiger partial charge in [0.1, 0.15) is 0 Å². The Hall–Kier alpha value is -2.96. The lowest BCUT2D eigenvalue weighted by Gasteiger charge is -2.31. The van der Waals surface area contributed by atoms with E-state index in [4.69, 9.17) is 0 Å². The van der Waals surface area contributed by atoms with Crippen molar-refractivity contribution in [1.82, 2.24) is 10.2 Å². The van der Waals surface area contributed by atoms with Crippen molar-refractivity contribution in [3.63, 3.8) is 0 Å². The van der Waals surface area contributed by atoms with E-state index in [-0.39, 0.29) is 17.7 Å². The highest BCUT2D eigenvalue weighted by atomic mass is 32.1. The number of nitrogens with one attached hydrogen (secondary N) is 2. The lowest BCUT2D eigenvalue weighted by molar-refractivity contribution is -0.126. The average Bonchev–Trinajstić information content (AvgIpc) is 3.34. The van der Waals surface area contributed by atoms with E-state index in [0.29, 0.717) is 11.4 Å². The number of carbonyl (C=O) groups is 2. The summed E-state index contributed by atoms with van der Waals surface area (Å²) < 4.78 is 0. The Balaban J connectivity index is 1.24. The van der Waals surface area contributed by atoms with Crippen LogP contribution < -0.4 is 10.6 Å². The van der Waals surface area contributed by atoms with Gasteiger partial charge in [0.2, 0.25) is 5.91 Å². The molecule has 0 saturated carbocycles. The summed E-state index contributed by atoms with van der Waals surface area (Å²) in [6, 6.07) is 21.7. The third-order valence-corrected chi connectivity index (χ3v) is 6.47. The largest absolute Gasteiger partial charge is 0.352 e. The number of rotatable bonds is 7. The van der Waals surface area contributed by atoms with Gasteiger partial charge in [-0.2, -0.15) is 0 Å². The molecule has 0 unspecified atom stereocenters. The van der Waals surface area contributed by atoms with Crippen molar-refractivity contribution in [2.45, 2.75) is 25.9 Å². The normalized spacial score (nSPS) is 14.8. The third-order valence-electron chi connectivity index (χ3n) is 5.60. The average molecular weight is 434 g/mol. The molecule has 0 aliphatic carbocycles. The molecule has 2 N–H and O–H groups in total. The van der Waals surface area contributed by atoms with Crippen molar-refractivity contribution < 1.29 is 9.59 Å². The van der Waals surface area contributed by atoms with Gasteiger partial charge in [-0.05, 0) is 60.6 Å². The molecule has 1 fully saturated rings. The van der Waals surface area contributed by atoms with Gasteiger partial charge in [0.25, 0.3) is 5.91 Å². The van der Waals surface area contributed by atoms with Crippen molar-refractivity contribution in [3.8, 4) is 0 Å². The van der Waals surface area contributed by atoms with E-state index in [0.717, 1.165) is 49.3 Å². The molecular formula is C25H27N3O2S. The molecular weight excluding hydrogens is 406 g/mol. The molecule has 4 rings (SSSR count). The third kappa shape index (κ3) is 6.03. The SMILES string of the molecule is O=C(Nc1cccc(CN2CCC(C(=O)NCc3ccccc3)CC2)c1)c1cccs1. The van der Waals surface area contributed by atoms with Gasteiger partial charge < -0.3 is 10.6 Å². The molecule has 160 valence electrons. The molecule has 1 aliphatic heterocycles. The maximum atomic E-state index is 12.5. The van der Waals surface area contributed by atoms with Crippen LogP contribution in [0.5, 0.6) is 0 Å². The minimum atomic E-state index is -0.0746. The molecule has 2 amide bonds. The predicted octanol–water partition coefficient (Wildman–Crippen LogP) is 4.53. The van der Waals surface area contributed by atoms with Crippen LogP contribution >= 0.6 is 11.3 Å². The van der Waals surface area contributed by atoms with Gasteiger partial charge in [0, 0.05) is 24.7 Å². The molecule has 1 aromatic heterocycles. The van der Waals surface area contributed by atoms with Crippen LogP contribution in [0.4, 0.5) is 5.69 Å². The molecule has 0 radical (unpaired) electrons. The Morgan fingerprint density at radius 1 is 0.935 bits per heavy atom. The van der Waals surface area contributed by atoms with Crippen LogP contribution in [-0.2, 0) is 17.9 Å². The molecule has 1 saturated heterocycles. The lowest BCUT2D eigenvalue weighted by Crippen LogP contribution is -2.40. The molecule has 0 atom stereocenters. The number of benzene rings is 2. The highest BCUT2D eigenvalue weighted by Gasteiger charge is 2.24. The molecule has 3 aromatic rings. The van der Waals surface area contributed by atoms with E-state index in [1.54, 1.807) is 0 Å². The summed E-state index contributed by atoms with van der Waals surface area (Å²) in [5.74, 6) is 0.160. The maximum Gasteiger partial charge on any atom is 0.265 e. The zero-order chi connectivity index (χ0) is 21.5. The van der Waals surface area contributed by atoms with Gasteiger partial charge in [-0.15, -0.1) is 11.3 Å². The quantitative estimate of drug-likeness (QED) is 0.576. The number of hydrogen-bond donors (Lipinski definition) is 2. The van der Waals surface area contributed by atoms with E-state index in [1.165, 1.54) is 11.3 Å². The van der Waals surface area contributed by atoms with Crippen LogP contribution in [0.1, 0.15) is 33.6 Å². The van der Waals surface area contributed by atoms with Gasteiger partial charge in [-0.25, -0.2) is 0 Å². The van der Waals surface area contributed by atoms with Crippen LogP contribution in [0.15, 0.2) is 72.1 Å². The number of hydrogen-bond acceptors (Lipinski definition) is 4. The van der Waals surface area contributed by atoms with E-state index < -0.39 is 0 Å². The van der Waals surface area contributed by atoms with Gasteiger partial charge in [-0.3, -0.25) is 14.5 Å². The van der Waals surface area contributed by atoms with E-state index in [1.807, 2.05) is 66.0 Å². The number of anilines is 1. The zero-order valence-electron chi connectivity index (χ0n) is 17.4.